The summed E-state index contributed by atoms with van der Waals surface area (Å²) in [5.74, 6) is 1.48. The molecule has 0 amide bonds. The fourth-order valence-corrected chi connectivity index (χ4v) is 3.21. The molecule has 0 aliphatic carbocycles. The zero-order valence-corrected chi connectivity index (χ0v) is 17.4. The van der Waals surface area contributed by atoms with E-state index in [0.29, 0.717) is 11.4 Å². The molecule has 29 heavy (non-hydrogen) atoms. The van der Waals surface area contributed by atoms with Crippen molar-refractivity contribution in [3.05, 3.63) is 66.2 Å². The van der Waals surface area contributed by atoms with Crippen molar-refractivity contribution in [2.75, 3.05) is 23.3 Å². The maximum atomic E-state index is 11.7. The zero-order valence-electron chi connectivity index (χ0n) is 17.4. The van der Waals surface area contributed by atoms with E-state index in [4.69, 9.17) is 9.97 Å². The van der Waals surface area contributed by atoms with Crippen LogP contribution in [0.25, 0.3) is 11.3 Å². The summed E-state index contributed by atoms with van der Waals surface area (Å²) >= 11 is 0. The van der Waals surface area contributed by atoms with Gasteiger partial charge in [-0.2, -0.15) is 4.98 Å². The van der Waals surface area contributed by atoms with Crippen molar-refractivity contribution in [1.82, 2.24) is 9.97 Å². The topological polar surface area (TPSA) is 58.1 Å². The molecule has 0 saturated heterocycles. The molecule has 5 heteroatoms. The molecule has 2 aromatic carbocycles. The van der Waals surface area contributed by atoms with Crippen LogP contribution in [0.4, 0.5) is 17.5 Å². The molecule has 3 rings (SSSR count). The first-order valence-electron chi connectivity index (χ1n) is 10.2. The number of rotatable bonds is 9. The first-order valence-corrected chi connectivity index (χ1v) is 10.2. The first kappa shape index (κ1) is 20.5. The second-order valence-electron chi connectivity index (χ2n) is 7.05. The Kier molecular flexibility index (Phi) is 6.95. The average Bonchev–Trinajstić information content (AvgIpc) is 2.74. The smallest absolute Gasteiger partial charge is 0.227 e. The van der Waals surface area contributed by atoms with E-state index in [1.165, 1.54) is 0 Å². The van der Waals surface area contributed by atoms with E-state index in [-0.39, 0.29) is 5.78 Å². The maximum Gasteiger partial charge on any atom is 0.227 e. The number of benzene rings is 2. The van der Waals surface area contributed by atoms with Crippen LogP contribution in [-0.4, -0.2) is 28.8 Å². The van der Waals surface area contributed by atoms with Crippen molar-refractivity contribution < 1.29 is 4.79 Å². The van der Waals surface area contributed by atoms with Crippen LogP contribution in [0.1, 0.15) is 44.0 Å². The van der Waals surface area contributed by atoms with Gasteiger partial charge >= 0.3 is 0 Å². The molecule has 1 heterocycles. The maximum absolute atomic E-state index is 11.7. The van der Waals surface area contributed by atoms with Gasteiger partial charge in [0.1, 0.15) is 5.82 Å². The minimum atomic E-state index is 0.0408. The number of nitrogens with zero attached hydrogens (tertiary/aromatic N) is 3. The summed E-state index contributed by atoms with van der Waals surface area (Å²) < 4.78 is 0. The zero-order chi connectivity index (χ0) is 20.6. The SMILES string of the molecule is CCCN(CCC)c1nc(Nc2cccc(C(C)=O)c2)cc(-c2ccccc2)n1. The second kappa shape index (κ2) is 9.82. The van der Waals surface area contributed by atoms with Crippen LogP contribution >= 0.6 is 0 Å². The van der Waals surface area contributed by atoms with Gasteiger partial charge in [0.2, 0.25) is 5.95 Å². The van der Waals surface area contributed by atoms with Gasteiger partial charge in [0.25, 0.3) is 0 Å². The Hall–Kier alpha value is -3.21. The molecule has 0 atom stereocenters. The Morgan fingerprint density at radius 3 is 2.31 bits per heavy atom. The molecule has 1 aromatic heterocycles. The number of Topliss-reactive ketones (excluding diaryl/α,β-unsaturated/α-hetero) is 1. The largest absolute Gasteiger partial charge is 0.341 e. The Balaban J connectivity index is 2.02. The predicted octanol–water partition coefficient (Wildman–Crippen LogP) is 5.72. The van der Waals surface area contributed by atoms with Gasteiger partial charge in [-0.25, -0.2) is 4.98 Å². The predicted molar refractivity (Wildman–Crippen MR) is 120 cm³/mol. The number of nitrogens with one attached hydrogen (secondary N) is 1. The average molecular weight is 389 g/mol. The summed E-state index contributed by atoms with van der Waals surface area (Å²) in [6.45, 7) is 7.71. The van der Waals surface area contributed by atoms with Crippen molar-refractivity contribution >= 4 is 23.2 Å². The van der Waals surface area contributed by atoms with Crippen LogP contribution in [0.3, 0.4) is 0 Å². The molecule has 0 aliphatic rings. The third-order valence-corrected chi connectivity index (χ3v) is 4.60. The Labute approximate surface area is 172 Å². The van der Waals surface area contributed by atoms with Crippen molar-refractivity contribution in [3.8, 4) is 11.3 Å². The molecule has 0 saturated carbocycles. The minimum Gasteiger partial charge on any atom is -0.341 e. The Morgan fingerprint density at radius 1 is 0.931 bits per heavy atom. The van der Waals surface area contributed by atoms with E-state index in [2.05, 4.69) is 36.2 Å². The minimum absolute atomic E-state index is 0.0408. The summed E-state index contributed by atoms with van der Waals surface area (Å²) in [5, 5.41) is 3.36. The van der Waals surface area contributed by atoms with Crippen molar-refractivity contribution in [2.45, 2.75) is 33.6 Å². The molecule has 0 bridgehead atoms. The quantitative estimate of drug-likeness (QED) is 0.475. The summed E-state index contributed by atoms with van der Waals surface area (Å²) in [4.78, 5) is 23.6. The van der Waals surface area contributed by atoms with E-state index in [9.17, 15) is 4.79 Å². The molecular weight excluding hydrogens is 360 g/mol. The second-order valence-corrected chi connectivity index (χ2v) is 7.05. The van der Waals surface area contributed by atoms with E-state index >= 15 is 0 Å². The van der Waals surface area contributed by atoms with Crippen LogP contribution in [0.5, 0.6) is 0 Å². The van der Waals surface area contributed by atoms with Crippen LogP contribution < -0.4 is 10.2 Å². The molecule has 5 nitrogen and oxygen atoms in total. The molecule has 0 radical (unpaired) electrons. The van der Waals surface area contributed by atoms with Gasteiger partial charge in [-0.3, -0.25) is 4.79 Å². The molecule has 0 unspecified atom stereocenters. The summed E-state index contributed by atoms with van der Waals surface area (Å²) in [6.07, 6.45) is 2.06. The van der Waals surface area contributed by atoms with Gasteiger partial charge in [0, 0.05) is 36.0 Å². The van der Waals surface area contributed by atoms with E-state index in [1.807, 2.05) is 48.5 Å². The number of anilines is 3. The lowest BCUT2D eigenvalue weighted by Gasteiger charge is -2.22. The third kappa shape index (κ3) is 5.41. The van der Waals surface area contributed by atoms with Crippen molar-refractivity contribution in [3.63, 3.8) is 0 Å². The number of hydrogen-bond acceptors (Lipinski definition) is 5. The lowest BCUT2D eigenvalue weighted by atomic mass is 10.1. The first-order chi connectivity index (χ1) is 14.1. The van der Waals surface area contributed by atoms with Gasteiger partial charge in [-0.1, -0.05) is 56.3 Å². The fraction of sp³-hybridized carbons (Fsp3) is 0.292. The highest BCUT2D eigenvalue weighted by atomic mass is 16.1. The van der Waals surface area contributed by atoms with E-state index < -0.39 is 0 Å². The lowest BCUT2D eigenvalue weighted by Crippen LogP contribution is -2.27. The Bertz CT molecular complexity index is 950. The summed E-state index contributed by atoms with van der Waals surface area (Å²) in [6, 6.07) is 19.6. The fourth-order valence-electron chi connectivity index (χ4n) is 3.21. The van der Waals surface area contributed by atoms with Crippen LogP contribution in [0.2, 0.25) is 0 Å². The summed E-state index contributed by atoms with van der Waals surface area (Å²) in [5.41, 5.74) is 3.42. The molecular formula is C24H28N4O. The van der Waals surface area contributed by atoms with Gasteiger partial charge in [-0.05, 0) is 31.9 Å². The Morgan fingerprint density at radius 2 is 1.66 bits per heavy atom. The number of aromatic nitrogens is 2. The summed E-state index contributed by atoms with van der Waals surface area (Å²) in [7, 11) is 0. The molecule has 0 fully saturated rings. The number of carbonyl (C=O) groups is 1. The monoisotopic (exact) mass is 388 g/mol. The number of carbonyl (C=O) groups excluding carboxylic acids is 1. The van der Waals surface area contributed by atoms with Crippen molar-refractivity contribution in [1.29, 1.82) is 0 Å². The molecule has 0 spiro atoms. The third-order valence-electron chi connectivity index (χ3n) is 4.60. The molecule has 0 aliphatic heterocycles. The van der Waals surface area contributed by atoms with Gasteiger partial charge in [0.15, 0.2) is 5.78 Å². The van der Waals surface area contributed by atoms with Crippen LogP contribution in [0.15, 0.2) is 60.7 Å². The number of hydrogen-bond donors (Lipinski definition) is 1. The highest BCUT2D eigenvalue weighted by Crippen LogP contribution is 2.25. The highest BCUT2D eigenvalue weighted by molar-refractivity contribution is 5.95. The highest BCUT2D eigenvalue weighted by Gasteiger charge is 2.13. The van der Waals surface area contributed by atoms with Crippen LogP contribution in [-0.2, 0) is 0 Å². The van der Waals surface area contributed by atoms with E-state index in [0.717, 1.165) is 48.8 Å². The van der Waals surface area contributed by atoms with Gasteiger partial charge in [-0.15, -0.1) is 0 Å². The van der Waals surface area contributed by atoms with Crippen molar-refractivity contribution in [2.24, 2.45) is 0 Å². The molecule has 150 valence electrons. The standard InChI is InChI=1S/C24H28N4O/c1-4-14-28(15-5-2)24-26-22(19-10-7-6-8-11-19)17-23(27-24)25-21-13-9-12-20(16-21)18(3)29/h6-13,16-17H,4-5,14-15H2,1-3H3,(H,25,26,27). The molecule has 1 N–H and O–H groups in total. The normalized spacial score (nSPS) is 10.6. The van der Waals surface area contributed by atoms with Gasteiger partial charge < -0.3 is 10.2 Å². The lowest BCUT2D eigenvalue weighted by molar-refractivity contribution is 0.101. The van der Waals surface area contributed by atoms with E-state index in [1.54, 1.807) is 6.92 Å². The van der Waals surface area contributed by atoms with Crippen LogP contribution in [0, 0.1) is 0 Å². The molecule has 3 aromatic rings. The number of ketones is 1. The van der Waals surface area contributed by atoms with Gasteiger partial charge in [0.05, 0.1) is 5.69 Å².